The van der Waals surface area contributed by atoms with Crippen LogP contribution in [0.25, 0.3) is 11.0 Å². The van der Waals surface area contributed by atoms with E-state index < -0.39 is 11.5 Å². The lowest BCUT2D eigenvalue weighted by atomic mass is 10.1. The van der Waals surface area contributed by atoms with Crippen LogP contribution in [0.4, 0.5) is 5.95 Å². The van der Waals surface area contributed by atoms with Crippen molar-refractivity contribution in [2.75, 3.05) is 5.32 Å². The molecule has 0 spiro atoms. The molecule has 1 aromatic carbocycles. The Balaban J connectivity index is 2.06. The van der Waals surface area contributed by atoms with Gasteiger partial charge in [0, 0.05) is 17.3 Å². The summed E-state index contributed by atoms with van der Waals surface area (Å²) in [6, 6.07) is 8.79. The van der Waals surface area contributed by atoms with Crippen molar-refractivity contribution in [3.8, 4) is 0 Å². The predicted molar refractivity (Wildman–Crippen MR) is 81.9 cm³/mol. The van der Waals surface area contributed by atoms with Crippen LogP contribution >= 0.6 is 0 Å². The van der Waals surface area contributed by atoms with Crippen LogP contribution in [0.2, 0.25) is 0 Å². The van der Waals surface area contributed by atoms with Crippen molar-refractivity contribution < 1.29 is 9.21 Å². The van der Waals surface area contributed by atoms with Crippen molar-refractivity contribution in [3.05, 3.63) is 63.8 Å². The van der Waals surface area contributed by atoms with Gasteiger partial charge in [0.15, 0.2) is 0 Å². The molecule has 0 aliphatic heterocycles. The number of para-hydroxylation sites is 1. The molecule has 0 radical (unpaired) electrons. The maximum atomic E-state index is 12.4. The highest BCUT2D eigenvalue weighted by Gasteiger charge is 2.19. The first-order chi connectivity index (χ1) is 10.6. The highest BCUT2D eigenvalue weighted by molar-refractivity contribution is 6.06. The fraction of sp³-hybridized carbons (Fsp3) is 0.125. The molecule has 1 N–H and O–H groups in total. The molecule has 22 heavy (non-hydrogen) atoms. The first-order valence-electron chi connectivity index (χ1n) is 6.69. The van der Waals surface area contributed by atoms with Crippen molar-refractivity contribution >= 4 is 22.8 Å². The second kappa shape index (κ2) is 5.40. The summed E-state index contributed by atoms with van der Waals surface area (Å²) in [7, 11) is 0. The quantitative estimate of drug-likeness (QED) is 0.734. The van der Waals surface area contributed by atoms with E-state index >= 15 is 0 Å². The van der Waals surface area contributed by atoms with Crippen LogP contribution in [0.5, 0.6) is 0 Å². The fourth-order valence-electron chi connectivity index (χ4n) is 2.24. The Kier molecular flexibility index (Phi) is 3.42. The number of benzene rings is 1. The number of aryl methyl sites for hydroxylation is 2. The van der Waals surface area contributed by atoms with E-state index in [9.17, 15) is 9.59 Å². The molecule has 3 aromatic rings. The molecule has 0 unspecified atom stereocenters. The Labute approximate surface area is 125 Å². The second-order valence-corrected chi connectivity index (χ2v) is 4.86. The number of carbonyl (C=O) groups is 1. The van der Waals surface area contributed by atoms with E-state index in [4.69, 9.17) is 4.42 Å². The van der Waals surface area contributed by atoms with Crippen molar-refractivity contribution in [1.82, 2.24) is 9.97 Å². The molecule has 0 saturated carbocycles. The number of nitrogens with zero attached hydrogens (tertiary/aromatic N) is 2. The Bertz CT molecular complexity index is 931. The summed E-state index contributed by atoms with van der Waals surface area (Å²) in [6.45, 7) is 3.50. The SMILES string of the molecule is Cc1ccnc(NC(=O)c2c(C)c3ccccc3oc2=O)n1. The predicted octanol–water partition coefficient (Wildman–Crippen LogP) is 2.45. The van der Waals surface area contributed by atoms with Gasteiger partial charge in [-0.25, -0.2) is 14.8 Å². The minimum Gasteiger partial charge on any atom is -0.422 e. The van der Waals surface area contributed by atoms with E-state index in [0.29, 0.717) is 16.8 Å². The van der Waals surface area contributed by atoms with Gasteiger partial charge in [-0.1, -0.05) is 18.2 Å². The maximum absolute atomic E-state index is 12.4. The van der Waals surface area contributed by atoms with Gasteiger partial charge in [0.05, 0.1) is 0 Å². The van der Waals surface area contributed by atoms with E-state index in [0.717, 1.165) is 5.39 Å². The van der Waals surface area contributed by atoms with E-state index in [-0.39, 0.29) is 11.5 Å². The summed E-state index contributed by atoms with van der Waals surface area (Å²) in [5, 5.41) is 3.24. The largest absolute Gasteiger partial charge is 0.422 e. The van der Waals surface area contributed by atoms with Crippen molar-refractivity contribution in [2.45, 2.75) is 13.8 Å². The van der Waals surface area contributed by atoms with Gasteiger partial charge in [0.1, 0.15) is 11.1 Å². The molecule has 3 rings (SSSR count). The molecule has 110 valence electrons. The standard InChI is InChI=1S/C16H13N3O3/c1-9-7-8-17-16(18-9)19-14(20)13-10(2)11-5-3-4-6-12(11)22-15(13)21/h3-8H,1-2H3,(H,17,18,19,20). The summed E-state index contributed by atoms with van der Waals surface area (Å²) >= 11 is 0. The maximum Gasteiger partial charge on any atom is 0.349 e. The summed E-state index contributed by atoms with van der Waals surface area (Å²) in [4.78, 5) is 32.5. The van der Waals surface area contributed by atoms with Gasteiger partial charge in [-0.2, -0.15) is 0 Å². The van der Waals surface area contributed by atoms with Crippen LogP contribution in [-0.2, 0) is 0 Å². The zero-order valence-electron chi connectivity index (χ0n) is 12.1. The third-order valence-electron chi connectivity index (χ3n) is 3.32. The highest BCUT2D eigenvalue weighted by atomic mass is 16.4. The summed E-state index contributed by atoms with van der Waals surface area (Å²) in [5.41, 5.74) is 1.02. The van der Waals surface area contributed by atoms with Crippen molar-refractivity contribution in [3.63, 3.8) is 0 Å². The van der Waals surface area contributed by atoms with Crippen LogP contribution in [0, 0.1) is 13.8 Å². The molecular weight excluding hydrogens is 282 g/mol. The zero-order valence-corrected chi connectivity index (χ0v) is 12.1. The number of hydrogen-bond donors (Lipinski definition) is 1. The minimum atomic E-state index is -0.679. The second-order valence-electron chi connectivity index (χ2n) is 4.86. The fourth-order valence-corrected chi connectivity index (χ4v) is 2.24. The lowest BCUT2D eigenvalue weighted by Gasteiger charge is -2.07. The van der Waals surface area contributed by atoms with Gasteiger partial charge < -0.3 is 4.42 Å². The molecule has 2 heterocycles. The number of hydrogen-bond acceptors (Lipinski definition) is 5. The first kappa shape index (κ1) is 13.9. The number of nitrogens with one attached hydrogen (secondary N) is 1. The van der Waals surface area contributed by atoms with Gasteiger partial charge in [-0.3, -0.25) is 10.1 Å². The Morgan fingerprint density at radius 1 is 1.18 bits per heavy atom. The highest BCUT2D eigenvalue weighted by Crippen LogP contribution is 2.19. The number of anilines is 1. The number of carbonyl (C=O) groups excluding carboxylic acids is 1. The average Bonchev–Trinajstić information content (AvgIpc) is 2.47. The van der Waals surface area contributed by atoms with Crippen molar-refractivity contribution in [2.24, 2.45) is 0 Å². The van der Waals surface area contributed by atoms with Gasteiger partial charge in [0.2, 0.25) is 5.95 Å². The van der Waals surface area contributed by atoms with Crippen LogP contribution in [0.15, 0.2) is 45.7 Å². The summed E-state index contributed by atoms with van der Waals surface area (Å²) in [6.07, 6.45) is 1.54. The average molecular weight is 295 g/mol. The Morgan fingerprint density at radius 2 is 1.95 bits per heavy atom. The van der Waals surface area contributed by atoms with E-state index in [1.54, 1.807) is 38.1 Å². The topological polar surface area (TPSA) is 85.1 Å². The number of aromatic nitrogens is 2. The number of rotatable bonds is 2. The number of amides is 1. The van der Waals surface area contributed by atoms with Gasteiger partial charge in [0.25, 0.3) is 5.91 Å². The van der Waals surface area contributed by atoms with E-state index in [2.05, 4.69) is 15.3 Å². The van der Waals surface area contributed by atoms with E-state index in [1.165, 1.54) is 6.20 Å². The molecule has 0 atom stereocenters. The molecular formula is C16H13N3O3. The summed E-state index contributed by atoms with van der Waals surface area (Å²) in [5.74, 6) is -0.431. The third-order valence-corrected chi connectivity index (χ3v) is 3.32. The van der Waals surface area contributed by atoms with Gasteiger partial charge in [-0.15, -0.1) is 0 Å². The van der Waals surface area contributed by atoms with Crippen LogP contribution in [-0.4, -0.2) is 15.9 Å². The lowest BCUT2D eigenvalue weighted by molar-refractivity contribution is 0.102. The van der Waals surface area contributed by atoms with Gasteiger partial charge in [-0.05, 0) is 31.5 Å². The molecule has 6 nitrogen and oxygen atoms in total. The molecule has 0 fully saturated rings. The molecule has 2 aromatic heterocycles. The molecule has 1 amide bonds. The smallest absolute Gasteiger partial charge is 0.349 e. The first-order valence-corrected chi connectivity index (χ1v) is 6.69. The molecule has 0 bridgehead atoms. The molecule has 0 aliphatic rings. The lowest BCUT2D eigenvalue weighted by Crippen LogP contribution is -2.23. The molecule has 0 saturated heterocycles. The van der Waals surface area contributed by atoms with Crippen LogP contribution in [0.3, 0.4) is 0 Å². The normalized spacial score (nSPS) is 10.6. The Morgan fingerprint density at radius 3 is 2.73 bits per heavy atom. The monoisotopic (exact) mass is 295 g/mol. The van der Waals surface area contributed by atoms with Crippen molar-refractivity contribution in [1.29, 1.82) is 0 Å². The zero-order chi connectivity index (χ0) is 15.7. The summed E-state index contributed by atoms with van der Waals surface area (Å²) < 4.78 is 5.20. The Hall–Kier alpha value is -3.02. The molecule has 0 aliphatic carbocycles. The molecule has 6 heteroatoms. The van der Waals surface area contributed by atoms with Crippen LogP contribution < -0.4 is 10.9 Å². The minimum absolute atomic E-state index is 0.0381. The third kappa shape index (κ3) is 2.46. The number of fused-ring (bicyclic) bond motifs is 1. The van der Waals surface area contributed by atoms with Gasteiger partial charge >= 0.3 is 5.63 Å². The van der Waals surface area contributed by atoms with Crippen LogP contribution in [0.1, 0.15) is 21.6 Å². The van der Waals surface area contributed by atoms with E-state index in [1.807, 2.05) is 6.07 Å².